The molecule has 0 saturated heterocycles. The highest BCUT2D eigenvalue weighted by Crippen LogP contribution is 2.44. The van der Waals surface area contributed by atoms with E-state index in [2.05, 4.69) is 39.8 Å². The summed E-state index contributed by atoms with van der Waals surface area (Å²) in [5, 5.41) is 10.8. The maximum Gasteiger partial charge on any atom is 0.0924 e. The van der Waals surface area contributed by atoms with Crippen LogP contribution in [0.25, 0.3) is 0 Å². The van der Waals surface area contributed by atoms with E-state index < -0.39 is 5.60 Å². The SMILES string of the molecule is Cc1cc(C)c(C2(O)CCCC2C)cc1C. The third kappa shape index (κ3) is 1.67. The van der Waals surface area contributed by atoms with Crippen molar-refractivity contribution >= 4 is 0 Å². The Hall–Kier alpha value is -0.820. The Morgan fingerprint density at radius 1 is 1.12 bits per heavy atom. The molecule has 0 aliphatic heterocycles. The van der Waals surface area contributed by atoms with Crippen LogP contribution in [0.2, 0.25) is 0 Å². The molecule has 2 unspecified atom stereocenters. The van der Waals surface area contributed by atoms with Gasteiger partial charge in [0, 0.05) is 0 Å². The third-order valence-corrected chi connectivity index (χ3v) is 4.32. The zero-order valence-electron chi connectivity index (χ0n) is 10.8. The van der Waals surface area contributed by atoms with Crippen molar-refractivity contribution in [3.8, 4) is 0 Å². The lowest BCUT2D eigenvalue weighted by Crippen LogP contribution is -2.29. The molecule has 2 atom stereocenters. The summed E-state index contributed by atoms with van der Waals surface area (Å²) in [4.78, 5) is 0. The van der Waals surface area contributed by atoms with Gasteiger partial charge in [0.25, 0.3) is 0 Å². The molecule has 1 aliphatic carbocycles. The smallest absolute Gasteiger partial charge is 0.0924 e. The second-order valence-electron chi connectivity index (χ2n) is 5.47. The normalized spacial score (nSPS) is 29.7. The Morgan fingerprint density at radius 3 is 2.31 bits per heavy atom. The summed E-state index contributed by atoms with van der Waals surface area (Å²) in [6.45, 7) is 8.54. The van der Waals surface area contributed by atoms with Gasteiger partial charge >= 0.3 is 0 Å². The van der Waals surface area contributed by atoms with E-state index in [0.717, 1.165) is 24.8 Å². The molecule has 0 aromatic heterocycles. The van der Waals surface area contributed by atoms with Gasteiger partial charge in [-0.2, -0.15) is 0 Å². The van der Waals surface area contributed by atoms with Crippen molar-refractivity contribution in [2.75, 3.05) is 0 Å². The molecule has 1 aromatic carbocycles. The first kappa shape index (κ1) is 11.7. The molecule has 0 heterocycles. The average Bonchev–Trinajstić information content (AvgIpc) is 2.54. The van der Waals surface area contributed by atoms with Crippen molar-refractivity contribution in [3.63, 3.8) is 0 Å². The molecule has 1 aromatic rings. The molecular weight excluding hydrogens is 196 g/mol. The van der Waals surface area contributed by atoms with Gasteiger partial charge in [-0.25, -0.2) is 0 Å². The minimum Gasteiger partial charge on any atom is -0.385 e. The summed E-state index contributed by atoms with van der Waals surface area (Å²) < 4.78 is 0. The average molecular weight is 218 g/mol. The summed E-state index contributed by atoms with van der Waals surface area (Å²) in [5.74, 6) is 0.383. The largest absolute Gasteiger partial charge is 0.385 e. The van der Waals surface area contributed by atoms with Crippen molar-refractivity contribution in [3.05, 3.63) is 34.4 Å². The minimum atomic E-state index is -0.581. The molecule has 1 aliphatic rings. The third-order valence-electron chi connectivity index (χ3n) is 4.32. The van der Waals surface area contributed by atoms with E-state index in [1.54, 1.807) is 0 Å². The van der Waals surface area contributed by atoms with E-state index in [9.17, 15) is 5.11 Å². The lowest BCUT2D eigenvalue weighted by molar-refractivity contribution is 0.00385. The maximum atomic E-state index is 10.8. The number of aliphatic hydroxyl groups is 1. The Bertz CT molecular complexity index is 408. The first-order valence-electron chi connectivity index (χ1n) is 6.26. The second-order valence-corrected chi connectivity index (χ2v) is 5.47. The van der Waals surface area contributed by atoms with Gasteiger partial charge in [0.1, 0.15) is 0 Å². The van der Waals surface area contributed by atoms with Crippen LogP contribution < -0.4 is 0 Å². The van der Waals surface area contributed by atoms with Crippen LogP contribution in [0.5, 0.6) is 0 Å². The van der Waals surface area contributed by atoms with Crippen LogP contribution >= 0.6 is 0 Å². The number of benzene rings is 1. The molecule has 1 N–H and O–H groups in total. The molecule has 88 valence electrons. The summed E-state index contributed by atoms with van der Waals surface area (Å²) in [6.07, 6.45) is 3.20. The first-order valence-corrected chi connectivity index (χ1v) is 6.26. The second kappa shape index (κ2) is 3.89. The standard InChI is InChI=1S/C15H22O/c1-10-8-12(3)14(9-11(10)2)15(16)7-5-6-13(15)4/h8-9,13,16H,5-7H2,1-4H3. The molecule has 0 bridgehead atoms. The number of aryl methyl sites for hydroxylation is 3. The van der Waals surface area contributed by atoms with Gasteiger partial charge in [-0.1, -0.05) is 19.1 Å². The summed E-state index contributed by atoms with van der Waals surface area (Å²) in [6, 6.07) is 4.39. The fourth-order valence-electron chi connectivity index (χ4n) is 2.99. The van der Waals surface area contributed by atoms with E-state index in [1.165, 1.54) is 16.7 Å². The Morgan fingerprint density at radius 2 is 1.75 bits per heavy atom. The van der Waals surface area contributed by atoms with Crippen molar-refractivity contribution < 1.29 is 5.11 Å². The van der Waals surface area contributed by atoms with Crippen LogP contribution in [0.15, 0.2) is 12.1 Å². The fourth-order valence-corrected chi connectivity index (χ4v) is 2.99. The molecule has 1 heteroatoms. The van der Waals surface area contributed by atoms with Gasteiger partial charge in [-0.05, 0) is 68.2 Å². The fraction of sp³-hybridized carbons (Fsp3) is 0.600. The van der Waals surface area contributed by atoms with E-state index in [-0.39, 0.29) is 0 Å². The Labute approximate surface area is 98.5 Å². The lowest BCUT2D eigenvalue weighted by atomic mass is 9.81. The highest BCUT2D eigenvalue weighted by Gasteiger charge is 2.40. The molecular formula is C15H22O. The molecule has 16 heavy (non-hydrogen) atoms. The highest BCUT2D eigenvalue weighted by atomic mass is 16.3. The van der Waals surface area contributed by atoms with Crippen molar-refractivity contribution in [1.29, 1.82) is 0 Å². The first-order chi connectivity index (χ1) is 7.45. The topological polar surface area (TPSA) is 20.2 Å². The van der Waals surface area contributed by atoms with Crippen LogP contribution in [0.1, 0.15) is 48.4 Å². The Kier molecular flexibility index (Phi) is 2.83. The summed E-state index contributed by atoms with van der Waals surface area (Å²) in [7, 11) is 0. The van der Waals surface area contributed by atoms with Crippen LogP contribution in [-0.4, -0.2) is 5.11 Å². The lowest BCUT2D eigenvalue weighted by Gasteiger charge is -2.30. The van der Waals surface area contributed by atoms with Gasteiger partial charge in [0.15, 0.2) is 0 Å². The molecule has 1 saturated carbocycles. The van der Waals surface area contributed by atoms with E-state index in [1.807, 2.05) is 0 Å². The van der Waals surface area contributed by atoms with Crippen molar-refractivity contribution in [1.82, 2.24) is 0 Å². The molecule has 0 radical (unpaired) electrons. The van der Waals surface area contributed by atoms with Crippen molar-refractivity contribution in [2.45, 2.75) is 52.6 Å². The monoisotopic (exact) mass is 218 g/mol. The van der Waals surface area contributed by atoms with Crippen LogP contribution in [0.3, 0.4) is 0 Å². The van der Waals surface area contributed by atoms with Gasteiger partial charge in [0.2, 0.25) is 0 Å². The summed E-state index contributed by atoms with van der Waals surface area (Å²) in [5.41, 5.74) is 4.41. The van der Waals surface area contributed by atoms with Crippen LogP contribution in [0.4, 0.5) is 0 Å². The summed E-state index contributed by atoms with van der Waals surface area (Å²) >= 11 is 0. The van der Waals surface area contributed by atoms with Crippen LogP contribution in [0, 0.1) is 26.7 Å². The number of rotatable bonds is 1. The van der Waals surface area contributed by atoms with Crippen LogP contribution in [-0.2, 0) is 5.60 Å². The van der Waals surface area contributed by atoms with Gasteiger partial charge in [-0.15, -0.1) is 0 Å². The maximum absolute atomic E-state index is 10.8. The predicted molar refractivity (Wildman–Crippen MR) is 67.6 cm³/mol. The molecule has 0 spiro atoms. The Balaban J connectivity index is 2.51. The quantitative estimate of drug-likeness (QED) is 0.763. The zero-order valence-corrected chi connectivity index (χ0v) is 10.8. The van der Waals surface area contributed by atoms with Gasteiger partial charge in [0.05, 0.1) is 5.60 Å². The highest BCUT2D eigenvalue weighted by molar-refractivity contribution is 5.40. The number of hydrogen-bond acceptors (Lipinski definition) is 1. The van der Waals surface area contributed by atoms with Gasteiger partial charge in [-0.3, -0.25) is 0 Å². The van der Waals surface area contributed by atoms with E-state index in [0.29, 0.717) is 5.92 Å². The number of hydrogen-bond donors (Lipinski definition) is 1. The van der Waals surface area contributed by atoms with Crippen molar-refractivity contribution in [2.24, 2.45) is 5.92 Å². The van der Waals surface area contributed by atoms with E-state index in [4.69, 9.17) is 0 Å². The molecule has 0 amide bonds. The zero-order chi connectivity index (χ0) is 11.9. The molecule has 1 fully saturated rings. The predicted octanol–water partition coefficient (Wildman–Crippen LogP) is 3.62. The molecule has 2 rings (SSSR count). The van der Waals surface area contributed by atoms with E-state index >= 15 is 0 Å². The minimum absolute atomic E-state index is 0.383. The molecule has 1 nitrogen and oxygen atoms in total. The van der Waals surface area contributed by atoms with Gasteiger partial charge < -0.3 is 5.11 Å².